The second-order valence-electron chi connectivity index (χ2n) is 4.49. The van der Waals surface area contributed by atoms with E-state index < -0.39 is 10.0 Å². The summed E-state index contributed by atoms with van der Waals surface area (Å²) in [7, 11) is -0.497. The van der Waals surface area contributed by atoms with Crippen molar-refractivity contribution in [2.45, 2.75) is 4.90 Å². The van der Waals surface area contributed by atoms with E-state index in [1.54, 1.807) is 31.2 Å². The molecule has 2 aromatic rings. The van der Waals surface area contributed by atoms with Crippen molar-refractivity contribution in [2.24, 2.45) is 5.14 Å². The van der Waals surface area contributed by atoms with Gasteiger partial charge in [0.25, 0.3) is 0 Å². The molecule has 0 aromatic heterocycles. The third-order valence-electron chi connectivity index (χ3n) is 3.15. The number of nitrogen functional groups attached to an aromatic ring is 1. The number of ether oxygens (including phenoxy) is 1. The summed E-state index contributed by atoms with van der Waals surface area (Å²) in [5, 5.41) is 5.16. The van der Waals surface area contributed by atoms with Crippen LogP contribution in [-0.2, 0) is 10.0 Å². The molecule has 0 unspecified atom stereocenters. The van der Waals surface area contributed by atoms with Crippen LogP contribution in [0.5, 0.6) is 5.75 Å². The van der Waals surface area contributed by atoms with Gasteiger partial charge in [-0.2, -0.15) is 0 Å². The summed E-state index contributed by atoms with van der Waals surface area (Å²) in [5.74, 6) is 0.695. The third-order valence-corrected chi connectivity index (χ3v) is 4.12. The van der Waals surface area contributed by atoms with Crippen molar-refractivity contribution in [3.63, 3.8) is 0 Å². The van der Waals surface area contributed by atoms with Crippen LogP contribution in [0.15, 0.2) is 47.4 Å². The van der Waals surface area contributed by atoms with Crippen LogP contribution in [0.3, 0.4) is 0 Å². The number of methoxy groups -OCH3 is 1. The van der Waals surface area contributed by atoms with Crippen LogP contribution >= 0.6 is 0 Å². The number of rotatable bonds is 4. The zero-order chi connectivity index (χ0) is 15.6. The molecule has 0 fully saturated rings. The number of sulfonamides is 1. The Balaban J connectivity index is 2.51. The first kappa shape index (κ1) is 15.1. The van der Waals surface area contributed by atoms with Crippen molar-refractivity contribution < 1.29 is 13.2 Å². The summed E-state index contributed by atoms with van der Waals surface area (Å²) in [5.41, 5.74) is 7.43. The molecule has 2 aromatic carbocycles. The predicted octanol–water partition coefficient (Wildman–Crippen LogP) is 1.69. The van der Waals surface area contributed by atoms with Crippen molar-refractivity contribution in [2.75, 3.05) is 24.8 Å². The molecule has 21 heavy (non-hydrogen) atoms. The number of hydrogen-bond donors (Lipinski definition) is 2. The Morgan fingerprint density at radius 3 is 2.43 bits per heavy atom. The highest BCUT2D eigenvalue weighted by Crippen LogP contribution is 2.33. The largest absolute Gasteiger partial charge is 0.497 e. The Labute approximate surface area is 124 Å². The molecular formula is C14H17N3O3S. The summed E-state index contributed by atoms with van der Waals surface area (Å²) in [6.45, 7) is 0. The molecule has 0 saturated heterocycles. The number of nitrogens with two attached hydrogens (primary N) is 2. The van der Waals surface area contributed by atoms with E-state index in [0.717, 1.165) is 5.69 Å². The van der Waals surface area contributed by atoms with E-state index in [1.807, 2.05) is 24.3 Å². The zero-order valence-corrected chi connectivity index (χ0v) is 12.6. The van der Waals surface area contributed by atoms with Gasteiger partial charge in [-0.05, 0) is 24.3 Å². The summed E-state index contributed by atoms with van der Waals surface area (Å²) >= 11 is 0. The zero-order valence-electron chi connectivity index (χ0n) is 11.8. The molecule has 6 nitrogen and oxygen atoms in total. The van der Waals surface area contributed by atoms with Crippen molar-refractivity contribution in [3.05, 3.63) is 42.5 Å². The van der Waals surface area contributed by atoms with Gasteiger partial charge in [-0.25, -0.2) is 13.6 Å². The second-order valence-corrected chi connectivity index (χ2v) is 6.02. The van der Waals surface area contributed by atoms with Crippen molar-refractivity contribution in [3.8, 4) is 5.75 Å². The fourth-order valence-corrected chi connectivity index (χ4v) is 2.71. The van der Waals surface area contributed by atoms with Gasteiger partial charge in [0.05, 0.1) is 18.5 Å². The topological polar surface area (TPSA) is 98.6 Å². The minimum Gasteiger partial charge on any atom is -0.497 e. The molecule has 0 heterocycles. The molecule has 0 radical (unpaired) electrons. The molecule has 7 heteroatoms. The van der Waals surface area contributed by atoms with Crippen LogP contribution in [0.2, 0.25) is 0 Å². The normalized spacial score (nSPS) is 11.2. The van der Waals surface area contributed by atoms with Crippen molar-refractivity contribution >= 4 is 27.1 Å². The highest BCUT2D eigenvalue weighted by atomic mass is 32.2. The molecule has 0 aliphatic rings. The minimum absolute atomic E-state index is 0.0882. The van der Waals surface area contributed by atoms with Crippen LogP contribution in [0.25, 0.3) is 0 Å². The lowest BCUT2D eigenvalue weighted by molar-refractivity contribution is 0.415. The quantitative estimate of drug-likeness (QED) is 0.838. The number of para-hydroxylation sites is 1. The molecule has 0 amide bonds. The molecule has 0 atom stereocenters. The van der Waals surface area contributed by atoms with Crippen LogP contribution in [-0.4, -0.2) is 22.6 Å². The van der Waals surface area contributed by atoms with Crippen LogP contribution in [0, 0.1) is 0 Å². The van der Waals surface area contributed by atoms with Gasteiger partial charge in [0.2, 0.25) is 10.0 Å². The molecule has 4 N–H and O–H groups in total. The maximum Gasteiger partial charge on any atom is 0.240 e. The first-order valence-electron chi connectivity index (χ1n) is 6.13. The lowest BCUT2D eigenvalue weighted by Crippen LogP contribution is -2.17. The Hall–Kier alpha value is -2.25. The summed E-state index contributed by atoms with van der Waals surface area (Å²) in [6.07, 6.45) is 0. The Morgan fingerprint density at radius 2 is 1.81 bits per heavy atom. The Bertz CT molecular complexity index is 760. The SMILES string of the molecule is COc1cccc(N(C)c2cccc(S(N)(=O)=O)c2N)c1. The van der Waals surface area contributed by atoms with E-state index in [9.17, 15) is 8.42 Å². The highest BCUT2D eigenvalue weighted by molar-refractivity contribution is 7.89. The van der Waals surface area contributed by atoms with Crippen LogP contribution in [0.4, 0.5) is 17.1 Å². The van der Waals surface area contributed by atoms with E-state index in [2.05, 4.69) is 0 Å². The lowest BCUT2D eigenvalue weighted by Gasteiger charge is -2.22. The van der Waals surface area contributed by atoms with E-state index in [0.29, 0.717) is 11.4 Å². The maximum absolute atomic E-state index is 11.5. The van der Waals surface area contributed by atoms with Gasteiger partial charge >= 0.3 is 0 Å². The number of hydrogen-bond acceptors (Lipinski definition) is 5. The molecule has 0 spiro atoms. The molecule has 112 valence electrons. The number of primary sulfonamides is 1. The van der Waals surface area contributed by atoms with Gasteiger partial charge in [0.15, 0.2) is 0 Å². The van der Waals surface area contributed by atoms with Crippen molar-refractivity contribution in [1.29, 1.82) is 0 Å². The molecule has 0 saturated carbocycles. The number of anilines is 3. The second kappa shape index (κ2) is 5.63. The molecule has 0 aliphatic heterocycles. The Morgan fingerprint density at radius 1 is 1.14 bits per heavy atom. The first-order chi connectivity index (χ1) is 9.84. The maximum atomic E-state index is 11.5. The smallest absolute Gasteiger partial charge is 0.240 e. The van der Waals surface area contributed by atoms with Crippen molar-refractivity contribution in [1.82, 2.24) is 0 Å². The summed E-state index contributed by atoms with van der Waals surface area (Å²) < 4.78 is 28.2. The predicted molar refractivity (Wildman–Crippen MR) is 83.3 cm³/mol. The minimum atomic E-state index is -3.86. The van der Waals surface area contributed by atoms with Crippen LogP contribution < -0.4 is 20.5 Å². The first-order valence-corrected chi connectivity index (χ1v) is 7.68. The molecule has 2 rings (SSSR count). The lowest BCUT2D eigenvalue weighted by atomic mass is 10.2. The average molecular weight is 307 g/mol. The van der Waals surface area contributed by atoms with Gasteiger partial charge in [0, 0.05) is 18.8 Å². The van der Waals surface area contributed by atoms with E-state index >= 15 is 0 Å². The van der Waals surface area contributed by atoms with Gasteiger partial charge in [-0.15, -0.1) is 0 Å². The fourth-order valence-electron chi connectivity index (χ4n) is 2.03. The van der Waals surface area contributed by atoms with Crippen LogP contribution in [0.1, 0.15) is 0 Å². The average Bonchev–Trinajstić information content (AvgIpc) is 2.45. The summed E-state index contributed by atoms with van der Waals surface area (Å²) in [4.78, 5) is 1.68. The fraction of sp³-hybridized carbons (Fsp3) is 0.143. The molecular weight excluding hydrogens is 290 g/mol. The molecule has 0 bridgehead atoms. The Kier molecular flexibility index (Phi) is 4.06. The van der Waals surface area contributed by atoms with E-state index in [1.165, 1.54) is 6.07 Å². The molecule has 0 aliphatic carbocycles. The third kappa shape index (κ3) is 3.09. The van der Waals surface area contributed by atoms with Gasteiger partial charge in [0.1, 0.15) is 10.6 Å². The van der Waals surface area contributed by atoms with E-state index in [-0.39, 0.29) is 10.6 Å². The van der Waals surface area contributed by atoms with Gasteiger partial charge in [-0.3, -0.25) is 0 Å². The van der Waals surface area contributed by atoms with Gasteiger partial charge in [-0.1, -0.05) is 12.1 Å². The van der Waals surface area contributed by atoms with E-state index in [4.69, 9.17) is 15.6 Å². The summed E-state index contributed by atoms with van der Waals surface area (Å²) in [6, 6.07) is 12.1. The highest BCUT2D eigenvalue weighted by Gasteiger charge is 2.17. The van der Waals surface area contributed by atoms with Gasteiger partial charge < -0.3 is 15.4 Å². The monoisotopic (exact) mass is 307 g/mol. The standard InChI is InChI=1S/C14H17N3O3S/c1-17(10-5-3-6-11(9-10)20-2)12-7-4-8-13(14(12)15)21(16,18)19/h3-9H,15H2,1-2H3,(H2,16,18,19). The number of benzene rings is 2. The number of nitrogens with zero attached hydrogens (tertiary/aromatic N) is 1.